The molecule has 1 heterocycles. The van der Waals surface area contributed by atoms with Crippen LogP contribution >= 0.6 is 34.8 Å². The Bertz CT molecular complexity index is 885. The number of benzene rings is 1. The number of nitrogens with one attached hydrogen (secondary N) is 1. The molecular weight excluding hydrogens is 449 g/mol. The van der Waals surface area contributed by atoms with Crippen molar-refractivity contribution in [3.63, 3.8) is 0 Å². The molecule has 0 aliphatic carbocycles. The number of carboxylic acid groups (broad SMARTS) is 2. The van der Waals surface area contributed by atoms with E-state index in [0.717, 1.165) is 5.56 Å². The third kappa shape index (κ3) is 8.10. The fourth-order valence-electron chi connectivity index (χ4n) is 1.87. The zero-order valence-corrected chi connectivity index (χ0v) is 17.4. The van der Waals surface area contributed by atoms with E-state index in [0.29, 0.717) is 10.8 Å². The van der Waals surface area contributed by atoms with E-state index in [-0.39, 0.29) is 40.4 Å². The first-order chi connectivity index (χ1) is 13.5. The number of aromatic nitrogens is 2. The number of ether oxygens (including phenoxy) is 1. The molecule has 0 saturated carbocycles. The lowest BCUT2D eigenvalue weighted by molar-refractivity contribution is -0.143. The molecule has 0 fully saturated rings. The van der Waals surface area contributed by atoms with Crippen molar-refractivity contribution in [2.75, 3.05) is 11.9 Å². The smallest absolute Gasteiger partial charge is 0.368 e. The fraction of sp³-hybridized carbons (Fsp3) is 0.235. The normalized spacial score (nSPS) is 10.0. The molecule has 9 nitrogen and oxygen atoms in total. The molecule has 0 aliphatic rings. The van der Waals surface area contributed by atoms with Crippen molar-refractivity contribution >= 4 is 58.7 Å². The van der Waals surface area contributed by atoms with Crippen molar-refractivity contribution in [1.82, 2.24) is 10.2 Å². The number of halogens is 3. The van der Waals surface area contributed by atoms with Crippen LogP contribution in [0, 0.1) is 0 Å². The lowest BCUT2D eigenvalue weighted by Crippen LogP contribution is -2.12. The van der Waals surface area contributed by atoms with Gasteiger partial charge >= 0.3 is 11.9 Å². The molecule has 0 aliphatic heterocycles. The van der Waals surface area contributed by atoms with E-state index in [9.17, 15) is 4.79 Å². The number of carbonyl (C=O) groups excluding carboxylic acids is 1. The second-order valence-electron chi connectivity index (χ2n) is 5.66. The van der Waals surface area contributed by atoms with Crippen molar-refractivity contribution < 1.29 is 29.3 Å². The van der Waals surface area contributed by atoms with E-state index >= 15 is 0 Å². The average molecular weight is 465 g/mol. The maximum absolute atomic E-state index is 10.6. The third-order valence-electron chi connectivity index (χ3n) is 3.13. The zero-order valence-electron chi connectivity index (χ0n) is 15.1. The number of carboxylic acids is 2. The van der Waals surface area contributed by atoms with E-state index in [1.807, 2.05) is 13.8 Å². The Labute approximate surface area is 180 Å². The van der Waals surface area contributed by atoms with Gasteiger partial charge in [-0.2, -0.15) is 0 Å². The first-order valence-electron chi connectivity index (χ1n) is 7.88. The summed E-state index contributed by atoms with van der Waals surface area (Å²) < 4.78 is 5.63. The Morgan fingerprint density at radius 3 is 2.14 bits per heavy atom. The predicted molar refractivity (Wildman–Crippen MR) is 107 cm³/mol. The quantitative estimate of drug-likeness (QED) is 0.408. The molecule has 0 unspecified atom stereocenters. The standard InChI is InChI=1S/C15H14Cl3N3O3.C2H2O3/c1-7(2)9-5-12(20-21-15(9)18)24-14-10(16)3-8(4-11(14)17)19-6-13(22)23;3-1-2(4)5/h3-5,7,19H,6H2,1-2H3,(H,22,23);1H,(H,4,5). The van der Waals surface area contributed by atoms with E-state index in [1.165, 1.54) is 12.1 Å². The average Bonchev–Trinajstić information content (AvgIpc) is 2.64. The van der Waals surface area contributed by atoms with Gasteiger partial charge in [-0.25, -0.2) is 4.79 Å². The highest BCUT2D eigenvalue weighted by atomic mass is 35.5. The number of hydrogen-bond acceptors (Lipinski definition) is 7. The Morgan fingerprint density at radius 2 is 1.69 bits per heavy atom. The van der Waals surface area contributed by atoms with Gasteiger partial charge in [0.25, 0.3) is 0 Å². The number of aldehydes is 1. The largest absolute Gasteiger partial charge is 0.480 e. The second kappa shape index (κ2) is 11.4. The molecule has 0 radical (unpaired) electrons. The van der Waals surface area contributed by atoms with Crippen molar-refractivity contribution in [3.8, 4) is 11.6 Å². The van der Waals surface area contributed by atoms with Crippen molar-refractivity contribution in [2.24, 2.45) is 0 Å². The van der Waals surface area contributed by atoms with Crippen LogP contribution in [0.2, 0.25) is 15.2 Å². The van der Waals surface area contributed by atoms with Gasteiger partial charge in [0, 0.05) is 11.8 Å². The van der Waals surface area contributed by atoms with Crippen molar-refractivity contribution in [2.45, 2.75) is 19.8 Å². The molecule has 29 heavy (non-hydrogen) atoms. The van der Waals surface area contributed by atoms with Gasteiger partial charge in [-0.15, -0.1) is 10.2 Å². The van der Waals surface area contributed by atoms with Gasteiger partial charge in [0.05, 0.1) is 10.0 Å². The molecule has 3 N–H and O–H groups in total. The Morgan fingerprint density at radius 1 is 1.14 bits per heavy atom. The number of hydrogen-bond donors (Lipinski definition) is 3. The molecular formula is C17H16Cl3N3O6. The van der Waals surface area contributed by atoms with Gasteiger partial charge in [0.2, 0.25) is 12.2 Å². The molecule has 1 aromatic carbocycles. The summed E-state index contributed by atoms with van der Waals surface area (Å²) in [6, 6.07) is 4.69. The van der Waals surface area contributed by atoms with Crippen LogP contribution in [0.1, 0.15) is 25.3 Å². The minimum absolute atomic E-state index is 0.142. The topological polar surface area (TPSA) is 139 Å². The molecule has 0 saturated heterocycles. The maximum atomic E-state index is 10.6. The highest BCUT2D eigenvalue weighted by molar-refractivity contribution is 6.37. The number of aliphatic carboxylic acids is 2. The van der Waals surface area contributed by atoms with E-state index in [4.69, 9.17) is 59.3 Å². The van der Waals surface area contributed by atoms with Crippen LogP contribution in [0.4, 0.5) is 5.69 Å². The molecule has 1 aromatic heterocycles. The Kier molecular flexibility index (Phi) is 9.60. The summed E-state index contributed by atoms with van der Waals surface area (Å²) in [5, 5.41) is 27.1. The highest BCUT2D eigenvalue weighted by Gasteiger charge is 2.15. The van der Waals surface area contributed by atoms with Crippen molar-refractivity contribution in [1.29, 1.82) is 0 Å². The molecule has 0 bridgehead atoms. The minimum Gasteiger partial charge on any atom is -0.480 e. The van der Waals surface area contributed by atoms with Crippen LogP contribution in [0.15, 0.2) is 18.2 Å². The molecule has 0 spiro atoms. The molecule has 2 aromatic rings. The van der Waals surface area contributed by atoms with Gasteiger partial charge in [-0.3, -0.25) is 9.59 Å². The monoisotopic (exact) mass is 463 g/mol. The van der Waals surface area contributed by atoms with E-state index in [2.05, 4.69) is 15.5 Å². The van der Waals surface area contributed by atoms with Crippen molar-refractivity contribution in [3.05, 3.63) is 39.0 Å². The van der Waals surface area contributed by atoms with Gasteiger partial charge in [0.1, 0.15) is 6.54 Å². The number of carbonyl (C=O) groups is 3. The summed E-state index contributed by atoms with van der Waals surface area (Å²) in [5.41, 5.74) is 1.25. The molecule has 2 rings (SSSR count). The Balaban J connectivity index is 0.000000749. The van der Waals surface area contributed by atoms with Crippen LogP contribution in [-0.2, 0) is 14.4 Å². The summed E-state index contributed by atoms with van der Waals surface area (Å²) in [4.78, 5) is 28.5. The fourth-order valence-corrected chi connectivity index (χ4v) is 2.74. The molecule has 0 amide bonds. The minimum atomic E-state index is -1.43. The molecule has 12 heteroatoms. The van der Waals surface area contributed by atoms with Crippen LogP contribution in [-0.4, -0.2) is 45.2 Å². The summed E-state index contributed by atoms with van der Waals surface area (Å²) in [6.07, 6.45) is -0.167. The van der Waals surface area contributed by atoms with Gasteiger partial charge in [-0.1, -0.05) is 48.7 Å². The Hall–Kier alpha value is -2.62. The lowest BCUT2D eigenvalue weighted by Gasteiger charge is -2.13. The SMILES string of the molecule is CC(C)c1cc(Oc2c(Cl)cc(NCC(=O)O)cc2Cl)nnc1Cl.O=CC(=O)O. The zero-order chi connectivity index (χ0) is 22.1. The maximum Gasteiger partial charge on any atom is 0.368 e. The third-order valence-corrected chi connectivity index (χ3v) is 3.98. The first-order valence-corrected chi connectivity index (χ1v) is 9.02. The predicted octanol–water partition coefficient (Wildman–Crippen LogP) is 4.12. The van der Waals surface area contributed by atoms with Crippen LogP contribution < -0.4 is 10.1 Å². The van der Waals surface area contributed by atoms with E-state index < -0.39 is 11.9 Å². The highest BCUT2D eigenvalue weighted by Crippen LogP contribution is 2.39. The van der Waals surface area contributed by atoms with Crippen LogP contribution in [0.25, 0.3) is 0 Å². The van der Waals surface area contributed by atoms with Gasteiger partial charge in [0.15, 0.2) is 10.9 Å². The second-order valence-corrected chi connectivity index (χ2v) is 6.83. The summed E-state index contributed by atoms with van der Waals surface area (Å²) in [7, 11) is 0. The number of anilines is 1. The lowest BCUT2D eigenvalue weighted by atomic mass is 10.1. The summed E-state index contributed by atoms with van der Waals surface area (Å²) in [6.45, 7) is 3.68. The first kappa shape index (κ1) is 24.4. The van der Waals surface area contributed by atoms with Gasteiger partial charge < -0.3 is 20.3 Å². The van der Waals surface area contributed by atoms with E-state index in [1.54, 1.807) is 6.07 Å². The van der Waals surface area contributed by atoms with Gasteiger partial charge in [-0.05, 0) is 23.6 Å². The molecule has 0 atom stereocenters. The molecule has 156 valence electrons. The summed E-state index contributed by atoms with van der Waals surface area (Å²) >= 11 is 18.3. The van der Waals surface area contributed by atoms with Crippen LogP contribution in [0.3, 0.4) is 0 Å². The van der Waals surface area contributed by atoms with Crippen LogP contribution in [0.5, 0.6) is 11.6 Å². The number of rotatable bonds is 7. The summed E-state index contributed by atoms with van der Waals surface area (Å²) in [5.74, 6) is -1.88. The number of nitrogens with zero attached hydrogens (tertiary/aromatic N) is 2.